The van der Waals surface area contributed by atoms with Crippen molar-refractivity contribution in [3.63, 3.8) is 0 Å². The average Bonchev–Trinajstić information content (AvgIpc) is 3.54. The molecule has 4 aliphatic carbocycles. The summed E-state index contributed by atoms with van der Waals surface area (Å²) in [6, 6.07) is 6.55. The predicted molar refractivity (Wildman–Crippen MR) is 161 cm³/mol. The maximum atomic E-state index is 13.0. The maximum absolute atomic E-state index is 13.0. The number of aliphatic hydroxyl groups is 3. The molecule has 8 heteroatoms. The molecule has 0 radical (unpaired) electrons. The van der Waals surface area contributed by atoms with E-state index in [0.29, 0.717) is 18.8 Å². The summed E-state index contributed by atoms with van der Waals surface area (Å²) in [7, 11) is 0. The van der Waals surface area contributed by atoms with Crippen LogP contribution in [0.4, 0.5) is 0 Å². The number of H-pyrrole nitrogens is 1. The van der Waals surface area contributed by atoms with Gasteiger partial charge in [0.05, 0.1) is 30.3 Å². The number of carbonyl (C=O) groups excluding carboxylic acids is 2. The quantitative estimate of drug-likeness (QED) is 0.318. The number of fused-ring (bicyclic) bond motifs is 6. The van der Waals surface area contributed by atoms with Crippen LogP contribution >= 0.6 is 0 Å². The van der Waals surface area contributed by atoms with E-state index in [1.807, 2.05) is 24.3 Å². The van der Waals surface area contributed by atoms with Gasteiger partial charge in [-0.1, -0.05) is 39.0 Å². The molecule has 0 aliphatic heterocycles. The van der Waals surface area contributed by atoms with Crippen LogP contribution in [0.2, 0.25) is 0 Å². The number of carboxylic acids is 1. The van der Waals surface area contributed by atoms with Crippen molar-refractivity contribution in [2.75, 3.05) is 0 Å². The Kier molecular flexibility index (Phi) is 8.18. The van der Waals surface area contributed by atoms with Gasteiger partial charge in [-0.15, -0.1) is 0 Å². The monoisotopic (exact) mass is 593 g/mol. The van der Waals surface area contributed by atoms with Gasteiger partial charge < -0.3 is 35.5 Å². The molecular formula is C35H49N2O6-. The first-order chi connectivity index (χ1) is 20.4. The first kappa shape index (κ1) is 30.6. The third-order valence-electron chi connectivity index (χ3n) is 13.1. The first-order valence-corrected chi connectivity index (χ1v) is 16.5. The van der Waals surface area contributed by atoms with Crippen LogP contribution in [-0.4, -0.2) is 56.5 Å². The van der Waals surface area contributed by atoms with Gasteiger partial charge in [-0.25, -0.2) is 0 Å². The summed E-state index contributed by atoms with van der Waals surface area (Å²) in [5.41, 5.74) is 1.44. The largest absolute Gasteiger partial charge is 0.548 e. The van der Waals surface area contributed by atoms with Crippen LogP contribution in [0, 0.1) is 46.3 Å². The highest BCUT2D eigenvalue weighted by Crippen LogP contribution is 2.68. The van der Waals surface area contributed by atoms with E-state index >= 15 is 0 Å². The molecule has 1 amide bonds. The van der Waals surface area contributed by atoms with E-state index in [1.165, 1.54) is 0 Å². The molecule has 12 unspecified atom stereocenters. The molecule has 4 fully saturated rings. The predicted octanol–water partition coefficient (Wildman–Crippen LogP) is 3.32. The van der Waals surface area contributed by atoms with Crippen molar-refractivity contribution in [1.29, 1.82) is 0 Å². The Morgan fingerprint density at radius 2 is 1.84 bits per heavy atom. The molecule has 4 aliphatic rings. The molecule has 5 N–H and O–H groups in total. The van der Waals surface area contributed by atoms with Crippen molar-refractivity contribution in [2.45, 2.75) is 109 Å². The van der Waals surface area contributed by atoms with E-state index in [1.54, 1.807) is 6.20 Å². The lowest BCUT2D eigenvalue weighted by Gasteiger charge is -2.63. The standard InChI is InChI=1S/C35H50N2O6/c1-19(8-11-31(41)37-28(33(42)43)14-20-18-36-27-7-5-4-6-23(20)27)24-9-10-25-32-26(17-30(40)35(24,25)3)34(2)13-12-22(38)15-21(34)16-29(32)39/h4-7,18-19,21-22,24-26,28-30,32,36,38-40H,8-17H2,1-3H3,(H,37,41)(H,42,43)/p-1. The highest BCUT2D eigenvalue weighted by molar-refractivity contribution is 5.86. The third-order valence-corrected chi connectivity index (χ3v) is 13.1. The second-order valence-electron chi connectivity index (χ2n) is 15.0. The molecule has 2 aromatic rings. The third kappa shape index (κ3) is 5.21. The second-order valence-corrected chi connectivity index (χ2v) is 15.0. The summed E-state index contributed by atoms with van der Waals surface area (Å²) in [6.45, 7) is 6.71. The van der Waals surface area contributed by atoms with Crippen LogP contribution < -0.4 is 10.4 Å². The lowest BCUT2D eigenvalue weighted by Crippen LogP contribution is -2.62. The SMILES string of the molecule is CC(CCC(=O)NC(Cc1c[nH]c2ccccc12)C(=O)[O-])C1CCC2C3C(O)CC4CC(O)CCC4(C)C3CC(O)C12C. The number of aromatic nitrogens is 1. The Hall–Kier alpha value is -2.42. The molecule has 4 saturated carbocycles. The van der Waals surface area contributed by atoms with Gasteiger partial charge in [-0.2, -0.15) is 0 Å². The molecule has 8 nitrogen and oxygen atoms in total. The molecule has 1 heterocycles. The highest BCUT2D eigenvalue weighted by atomic mass is 16.4. The van der Waals surface area contributed by atoms with E-state index < -0.39 is 24.2 Å². The van der Waals surface area contributed by atoms with E-state index in [9.17, 15) is 30.0 Å². The molecule has 0 bridgehead atoms. The topological polar surface area (TPSA) is 146 Å². The summed E-state index contributed by atoms with van der Waals surface area (Å²) in [5, 5.41) is 49.2. The van der Waals surface area contributed by atoms with Crippen LogP contribution in [0.25, 0.3) is 10.9 Å². The molecule has 43 heavy (non-hydrogen) atoms. The van der Waals surface area contributed by atoms with Crippen LogP contribution in [0.3, 0.4) is 0 Å². The first-order valence-electron chi connectivity index (χ1n) is 16.5. The number of para-hydroxylation sites is 1. The molecule has 12 atom stereocenters. The van der Waals surface area contributed by atoms with Gasteiger partial charge in [0.25, 0.3) is 0 Å². The Bertz CT molecular complexity index is 1340. The lowest BCUT2D eigenvalue weighted by atomic mass is 9.43. The van der Waals surface area contributed by atoms with Gasteiger partial charge in [-0.3, -0.25) is 4.79 Å². The number of aliphatic hydroxyl groups excluding tert-OH is 3. The summed E-state index contributed by atoms with van der Waals surface area (Å²) in [4.78, 5) is 28.1. The molecule has 1 aromatic carbocycles. The Balaban J connectivity index is 1.10. The highest BCUT2D eigenvalue weighted by Gasteiger charge is 2.65. The van der Waals surface area contributed by atoms with Crippen LogP contribution in [0.5, 0.6) is 0 Å². The number of hydrogen-bond acceptors (Lipinski definition) is 6. The molecule has 0 saturated heterocycles. The number of carboxylic acid groups (broad SMARTS) is 1. The summed E-state index contributed by atoms with van der Waals surface area (Å²) in [5.74, 6) is -0.302. The van der Waals surface area contributed by atoms with Crippen LogP contribution in [0.15, 0.2) is 30.5 Å². The van der Waals surface area contributed by atoms with Gasteiger partial charge in [-0.05, 0) is 109 Å². The Labute approximate surface area is 254 Å². The zero-order valence-electron chi connectivity index (χ0n) is 25.8. The van der Waals surface area contributed by atoms with Gasteiger partial charge in [0.2, 0.25) is 5.91 Å². The van der Waals surface area contributed by atoms with E-state index in [-0.39, 0.29) is 65.3 Å². The van der Waals surface area contributed by atoms with Gasteiger partial charge in [0.1, 0.15) is 0 Å². The molecular weight excluding hydrogens is 544 g/mol. The van der Waals surface area contributed by atoms with Crippen molar-refractivity contribution < 1.29 is 30.0 Å². The molecule has 236 valence electrons. The van der Waals surface area contributed by atoms with E-state index in [2.05, 4.69) is 31.1 Å². The molecule has 0 spiro atoms. The number of nitrogens with one attached hydrogen (secondary N) is 2. The maximum Gasteiger partial charge on any atom is 0.220 e. The minimum absolute atomic E-state index is 0.0372. The fourth-order valence-electron chi connectivity index (χ4n) is 10.7. The number of rotatable bonds is 8. The summed E-state index contributed by atoms with van der Waals surface area (Å²) in [6.07, 6.45) is 7.40. The lowest BCUT2D eigenvalue weighted by molar-refractivity contribution is -0.308. The fraction of sp³-hybridized carbons (Fsp3) is 0.714. The number of benzene rings is 1. The van der Waals surface area contributed by atoms with E-state index in [0.717, 1.165) is 55.0 Å². The Morgan fingerprint density at radius 3 is 2.60 bits per heavy atom. The number of aliphatic carboxylic acids is 1. The van der Waals surface area contributed by atoms with Gasteiger partial charge in [0, 0.05) is 29.9 Å². The number of aromatic amines is 1. The average molecular weight is 594 g/mol. The molecule has 6 rings (SSSR count). The second kappa shape index (κ2) is 11.5. The zero-order valence-corrected chi connectivity index (χ0v) is 25.8. The number of carbonyl (C=O) groups is 2. The Morgan fingerprint density at radius 1 is 1.07 bits per heavy atom. The minimum atomic E-state index is -1.30. The summed E-state index contributed by atoms with van der Waals surface area (Å²) >= 11 is 0. The molecule has 1 aromatic heterocycles. The van der Waals surface area contributed by atoms with E-state index in [4.69, 9.17) is 0 Å². The van der Waals surface area contributed by atoms with Gasteiger partial charge in [0.15, 0.2) is 0 Å². The van der Waals surface area contributed by atoms with Crippen molar-refractivity contribution in [2.24, 2.45) is 46.3 Å². The number of amides is 1. The van der Waals surface area contributed by atoms with Crippen molar-refractivity contribution in [1.82, 2.24) is 10.3 Å². The van der Waals surface area contributed by atoms with Crippen LogP contribution in [-0.2, 0) is 16.0 Å². The fourth-order valence-corrected chi connectivity index (χ4v) is 10.7. The number of hydrogen-bond donors (Lipinski definition) is 5. The van der Waals surface area contributed by atoms with Gasteiger partial charge >= 0.3 is 0 Å². The minimum Gasteiger partial charge on any atom is -0.548 e. The van der Waals surface area contributed by atoms with Crippen molar-refractivity contribution >= 4 is 22.8 Å². The smallest absolute Gasteiger partial charge is 0.220 e. The zero-order chi connectivity index (χ0) is 30.7. The normalized spacial score (nSPS) is 40.2. The van der Waals surface area contributed by atoms with Crippen molar-refractivity contribution in [3.05, 3.63) is 36.0 Å². The summed E-state index contributed by atoms with van der Waals surface area (Å²) < 4.78 is 0. The van der Waals surface area contributed by atoms with Crippen LogP contribution in [0.1, 0.15) is 84.1 Å². The van der Waals surface area contributed by atoms with Crippen molar-refractivity contribution in [3.8, 4) is 0 Å².